The molecule has 1 saturated carbocycles. The van der Waals surface area contributed by atoms with Gasteiger partial charge in [-0.25, -0.2) is 8.42 Å². The Morgan fingerprint density at radius 2 is 1.89 bits per heavy atom. The summed E-state index contributed by atoms with van der Waals surface area (Å²) >= 11 is 0. The lowest BCUT2D eigenvalue weighted by molar-refractivity contribution is -0.147. The number of hydrogen-bond acceptors (Lipinski definition) is 5. The Hall–Kier alpha value is -2.13. The number of ether oxygens (including phenoxy) is 1. The molecular weight excluding hydrogens is 372 g/mol. The van der Waals surface area contributed by atoms with Gasteiger partial charge in [-0.15, -0.1) is 0 Å². The van der Waals surface area contributed by atoms with Crippen molar-refractivity contribution < 1.29 is 27.9 Å². The van der Waals surface area contributed by atoms with Crippen molar-refractivity contribution in [3.8, 4) is 5.75 Å². The van der Waals surface area contributed by atoms with E-state index in [-0.39, 0.29) is 29.2 Å². The van der Waals surface area contributed by atoms with Gasteiger partial charge in [0.2, 0.25) is 15.9 Å². The molecule has 0 radical (unpaired) electrons. The molecule has 1 saturated heterocycles. The summed E-state index contributed by atoms with van der Waals surface area (Å²) in [5.74, 6) is -1.56. The third-order valence-corrected chi connectivity index (χ3v) is 6.95. The van der Waals surface area contributed by atoms with Crippen LogP contribution >= 0.6 is 0 Å². The molecule has 0 spiro atoms. The molecule has 1 aromatic rings. The molecule has 3 rings (SSSR count). The Kier molecular flexibility index (Phi) is 5.43. The van der Waals surface area contributed by atoms with Gasteiger partial charge in [0.05, 0.1) is 6.61 Å². The molecular formula is C18H24N2O6S. The molecule has 1 heterocycles. The lowest BCUT2D eigenvalue weighted by Gasteiger charge is -2.27. The van der Waals surface area contributed by atoms with Crippen molar-refractivity contribution in [3.05, 3.63) is 18.2 Å². The standard InChI is InChI=1S/C18H24N2O6S/c1-2-26-14-7-6-13(19-16(21)18(8-9-18)17(22)23)12-15(14)27(24,25)20-10-4-3-5-11-20/h6-7,12H,2-5,8-11H2,1H3,(H,19,21)(H,22,23). The van der Waals surface area contributed by atoms with E-state index in [9.17, 15) is 23.1 Å². The largest absolute Gasteiger partial charge is 0.492 e. The molecule has 1 aromatic carbocycles. The van der Waals surface area contributed by atoms with Crippen LogP contribution in [0.15, 0.2) is 23.1 Å². The van der Waals surface area contributed by atoms with Crippen molar-refractivity contribution in [1.29, 1.82) is 0 Å². The van der Waals surface area contributed by atoms with E-state index in [1.54, 1.807) is 6.92 Å². The van der Waals surface area contributed by atoms with Gasteiger partial charge in [-0.2, -0.15) is 4.31 Å². The summed E-state index contributed by atoms with van der Waals surface area (Å²) in [7, 11) is -3.77. The molecule has 0 aromatic heterocycles. The van der Waals surface area contributed by atoms with E-state index in [0.717, 1.165) is 19.3 Å². The van der Waals surface area contributed by atoms with E-state index in [4.69, 9.17) is 4.74 Å². The van der Waals surface area contributed by atoms with E-state index in [2.05, 4.69) is 5.32 Å². The average Bonchev–Trinajstić information content (AvgIpc) is 3.46. The highest BCUT2D eigenvalue weighted by molar-refractivity contribution is 7.89. The molecule has 0 atom stereocenters. The zero-order valence-corrected chi connectivity index (χ0v) is 16.0. The van der Waals surface area contributed by atoms with Gasteiger partial charge in [-0.3, -0.25) is 9.59 Å². The molecule has 1 amide bonds. The molecule has 8 nitrogen and oxygen atoms in total. The number of carboxylic acids is 1. The van der Waals surface area contributed by atoms with Crippen molar-refractivity contribution in [3.63, 3.8) is 0 Å². The quantitative estimate of drug-likeness (QED) is 0.682. The number of hydrogen-bond donors (Lipinski definition) is 2. The van der Waals surface area contributed by atoms with Crippen LogP contribution in [0.3, 0.4) is 0 Å². The number of benzene rings is 1. The number of anilines is 1. The third-order valence-electron chi connectivity index (χ3n) is 5.03. The first-order chi connectivity index (χ1) is 12.8. The number of nitrogens with one attached hydrogen (secondary N) is 1. The van der Waals surface area contributed by atoms with Crippen LogP contribution in [0.2, 0.25) is 0 Å². The minimum absolute atomic E-state index is 0.00998. The second kappa shape index (κ2) is 7.47. The fourth-order valence-electron chi connectivity index (χ4n) is 3.22. The van der Waals surface area contributed by atoms with Crippen LogP contribution in [-0.4, -0.2) is 49.4 Å². The Morgan fingerprint density at radius 3 is 2.44 bits per heavy atom. The van der Waals surface area contributed by atoms with Gasteiger partial charge in [0.15, 0.2) is 0 Å². The summed E-state index contributed by atoms with van der Waals surface area (Å²) in [6.45, 7) is 2.96. The molecule has 2 N–H and O–H groups in total. The number of carbonyl (C=O) groups is 2. The number of carboxylic acid groups (broad SMARTS) is 1. The minimum atomic E-state index is -3.77. The normalized spacial score (nSPS) is 19.3. The predicted molar refractivity (Wildman–Crippen MR) is 98.2 cm³/mol. The highest BCUT2D eigenvalue weighted by Crippen LogP contribution is 2.47. The van der Waals surface area contributed by atoms with Crippen LogP contribution in [0.4, 0.5) is 5.69 Å². The number of rotatable bonds is 7. The Bertz CT molecular complexity index is 841. The van der Waals surface area contributed by atoms with Gasteiger partial charge in [0.1, 0.15) is 16.1 Å². The number of sulfonamides is 1. The van der Waals surface area contributed by atoms with Gasteiger partial charge < -0.3 is 15.2 Å². The van der Waals surface area contributed by atoms with E-state index in [1.165, 1.54) is 22.5 Å². The molecule has 0 bridgehead atoms. The van der Waals surface area contributed by atoms with Crippen molar-refractivity contribution in [2.75, 3.05) is 25.0 Å². The van der Waals surface area contributed by atoms with Crippen LogP contribution in [0.25, 0.3) is 0 Å². The smallest absolute Gasteiger partial charge is 0.319 e. The molecule has 9 heteroatoms. The summed E-state index contributed by atoms with van der Waals surface area (Å²) < 4.78 is 33.1. The Balaban J connectivity index is 1.91. The maximum atomic E-state index is 13.1. The van der Waals surface area contributed by atoms with Crippen LogP contribution in [0, 0.1) is 5.41 Å². The number of aliphatic carboxylic acids is 1. The lowest BCUT2D eigenvalue weighted by atomic mass is 10.1. The topological polar surface area (TPSA) is 113 Å². The van der Waals surface area contributed by atoms with Gasteiger partial charge in [0.25, 0.3) is 0 Å². The third kappa shape index (κ3) is 3.79. The second-order valence-corrected chi connectivity index (χ2v) is 8.81. The summed E-state index contributed by atoms with van der Waals surface area (Å²) in [5.41, 5.74) is -1.16. The number of carbonyl (C=O) groups excluding carboxylic acids is 1. The van der Waals surface area contributed by atoms with Crippen LogP contribution in [-0.2, 0) is 19.6 Å². The van der Waals surface area contributed by atoms with E-state index >= 15 is 0 Å². The van der Waals surface area contributed by atoms with E-state index in [0.29, 0.717) is 19.7 Å². The molecule has 27 heavy (non-hydrogen) atoms. The molecule has 2 fully saturated rings. The fraction of sp³-hybridized carbons (Fsp3) is 0.556. The average molecular weight is 396 g/mol. The molecule has 1 aliphatic carbocycles. The summed E-state index contributed by atoms with van der Waals surface area (Å²) in [6, 6.07) is 4.37. The fourth-order valence-corrected chi connectivity index (χ4v) is 4.89. The van der Waals surface area contributed by atoms with Crippen molar-refractivity contribution >= 4 is 27.6 Å². The van der Waals surface area contributed by atoms with Crippen molar-refractivity contribution in [2.24, 2.45) is 5.41 Å². The maximum absolute atomic E-state index is 13.1. The Labute approximate surface area is 158 Å². The Morgan fingerprint density at radius 1 is 1.22 bits per heavy atom. The highest BCUT2D eigenvalue weighted by Gasteiger charge is 2.57. The van der Waals surface area contributed by atoms with Crippen LogP contribution in [0.5, 0.6) is 5.75 Å². The predicted octanol–water partition coefficient (Wildman–Crippen LogP) is 2.06. The monoisotopic (exact) mass is 396 g/mol. The van der Waals surface area contributed by atoms with Gasteiger partial charge in [-0.05, 0) is 50.8 Å². The van der Waals surface area contributed by atoms with Gasteiger partial charge in [0, 0.05) is 18.8 Å². The zero-order valence-electron chi connectivity index (χ0n) is 15.2. The number of amides is 1. The molecule has 1 aliphatic heterocycles. The summed E-state index contributed by atoms with van der Waals surface area (Å²) in [6.07, 6.45) is 3.17. The molecule has 0 unspecified atom stereocenters. The first-order valence-corrected chi connectivity index (χ1v) is 10.6. The van der Waals surface area contributed by atoms with Gasteiger partial charge in [-0.1, -0.05) is 6.42 Å². The van der Waals surface area contributed by atoms with Crippen molar-refractivity contribution in [2.45, 2.75) is 43.9 Å². The number of piperidine rings is 1. The first kappa shape index (κ1) is 19.6. The van der Waals surface area contributed by atoms with E-state index < -0.39 is 27.3 Å². The van der Waals surface area contributed by atoms with Crippen molar-refractivity contribution in [1.82, 2.24) is 4.31 Å². The van der Waals surface area contributed by atoms with Crippen LogP contribution < -0.4 is 10.1 Å². The molecule has 2 aliphatic rings. The first-order valence-electron chi connectivity index (χ1n) is 9.13. The van der Waals surface area contributed by atoms with Gasteiger partial charge >= 0.3 is 5.97 Å². The van der Waals surface area contributed by atoms with E-state index in [1.807, 2.05) is 0 Å². The summed E-state index contributed by atoms with van der Waals surface area (Å²) in [4.78, 5) is 23.6. The highest BCUT2D eigenvalue weighted by atomic mass is 32.2. The zero-order chi connectivity index (χ0) is 19.7. The SMILES string of the molecule is CCOc1ccc(NC(=O)C2(C(=O)O)CC2)cc1S(=O)(=O)N1CCCCC1. The number of nitrogens with zero attached hydrogens (tertiary/aromatic N) is 1. The lowest BCUT2D eigenvalue weighted by Crippen LogP contribution is -2.36. The maximum Gasteiger partial charge on any atom is 0.319 e. The molecule has 148 valence electrons. The van der Waals surface area contributed by atoms with Crippen LogP contribution in [0.1, 0.15) is 39.0 Å². The summed E-state index contributed by atoms with van der Waals surface area (Å²) in [5, 5.41) is 11.8. The minimum Gasteiger partial charge on any atom is -0.492 e. The second-order valence-electron chi connectivity index (χ2n) is 6.90.